The molecule has 1 saturated carbocycles. The van der Waals surface area contributed by atoms with Crippen molar-refractivity contribution in [1.29, 1.82) is 0 Å². The lowest BCUT2D eigenvalue weighted by molar-refractivity contribution is 0.0570. The monoisotopic (exact) mass is 272 g/mol. The number of hydrogen-bond donors (Lipinski definition) is 2. The molecule has 0 bridgehead atoms. The molecule has 0 heterocycles. The molecule has 0 radical (unpaired) electrons. The van der Waals surface area contributed by atoms with Crippen LogP contribution in [0.15, 0.2) is 12.1 Å². The van der Waals surface area contributed by atoms with Crippen molar-refractivity contribution in [2.75, 3.05) is 7.11 Å². The van der Waals surface area contributed by atoms with E-state index in [0.29, 0.717) is 22.1 Å². The molecule has 2 unspecified atom stereocenters. The fraction of sp³-hybridized carbons (Fsp3) is 0.538. The minimum Gasteiger partial charge on any atom is -0.493 e. The van der Waals surface area contributed by atoms with Crippen molar-refractivity contribution in [3.05, 3.63) is 22.7 Å². The van der Waals surface area contributed by atoms with Gasteiger partial charge in [-0.2, -0.15) is 0 Å². The number of aliphatic hydroxyl groups excluding tert-OH is 2. The van der Waals surface area contributed by atoms with Gasteiger partial charge in [-0.3, -0.25) is 0 Å². The summed E-state index contributed by atoms with van der Waals surface area (Å²) in [6.45, 7) is -0.185. The van der Waals surface area contributed by atoms with Crippen LogP contribution in [0.1, 0.15) is 24.8 Å². The Balaban J connectivity index is 2.29. The fourth-order valence-corrected chi connectivity index (χ4v) is 2.45. The molecule has 0 amide bonds. The van der Waals surface area contributed by atoms with Crippen molar-refractivity contribution >= 4 is 11.6 Å². The molecule has 1 aliphatic carbocycles. The Hall–Kier alpha value is -0.970. The minimum atomic E-state index is -0.461. The molecule has 2 N–H and O–H groups in total. The zero-order valence-electron chi connectivity index (χ0n) is 10.2. The lowest BCUT2D eigenvalue weighted by atomic mass is 10.2. The summed E-state index contributed by atoms with van der Waals surface area (Å²) in [5.41, 5.74) is 0.568. The van der Waals surface area contributed by atoms with Gasteiger partial charge in [-0.25, -0.2) is 0 Å². The Morgan fingerprint density at radius 3 is 2.72 bits per heavy atom. The summed E-state index contributed by atoms with van der Waals surface area (Å²) in [7, 11) is 1.52. The second kappa shape index (κ2) is 5.78. The molecule has 2 atom stereocenters. The first-order valence-corrected chi connectivity index (χ1v) is 6.35. The number of hydrogen-bond acceptors (Lipinski definition) is 4. The Morgan fingerprint density at radius 2 is 2.17 bits per heavy atom. The highest BCUT2D eigenvalue weighted by Crippen LogP contribution is 2.37. The lowest BCUT2D eigenvalue weighted by Gasteiger charge is -2.21. The van der Waals surface area contributed by atoms with Crippen LogP contribution in [0.25, 0.3) is 0 Å². The van der Waals surface area contributed by atoms with E-state index < -0.39 is 6.10 Å². The van der Waals surface area contributed by atoms with Crippen LogP contribution in [-0.4, -0.2) is 29.5 Å². The van der Waals surface area contributed by atoms with E-state index in [-0.39, 0.29) is 12.7 Å². The molecule has 0 aliphatic heterocycles. The highest BCUT2D eigenvalue weighted by molar-refractivity contribution is 6.30. The number of halogens is 1. The van der Waals surface area contributed by atoms with Crippen LogP contribution < -0.4 is 9.47 Å². The third-order valence-corrected chi connectivity index (χ3v) is 3.39. The molecular weight excluding hydrogens is 256 g/mol. The molecular formula is C13H17ClO4. The van der Waals surface area contributed by atoms with Crippen LogP contribution in [0.4, 0.5) is 0 Å². The highest BCUT2D eigenvalue weighted by Gasteiger charge is 2.28. The summed E-state index contributed by atoms with van der Waals surface area (Å²) >= 11 is 5.93. The summed E-state index contributed by atoms with van der Waals surface area (Å²) in [6, 6.07) is 3.28. The van der Waals surface area contributed by atoms with E-state index in [2.05, 4.69) is 0 Å². The van der Waals surface area contributed by atoms with E-state index >= 15 is 0 Å². The first kappa shape index (κ1) is 13.5. The van der Waals surface area contributed by atoms with E-state index in [1.807, 2.05) is 0 Å². The van der Waals surface area contributed by atoms with Crippen molar-refractivity contribution in [3.63, 3.8) is 0 Å². The Morgan fingerprint density at radius 1 is 1.39 bits per heavy atom. The summed E-state index contributed by atoms with van der Waals surface area (Å²) in [5.74, 6) is 0.945. The molecule has 0 saturated heterocycles. The Labute approximate surface area is 111 Å². The van der Waals surface area contributed by atoms with E-state index in [1.54, 1.807) is 12.1 Å². The van der Waals surface area contributed by atoms with Gasteiger partial charge in [-0.05, 0) is 25.3 Å². The molecule has 2 rings (SSSR count). The Bertz CT molecular complexity index is 396. The average molecular weight is 273 g/mol. The molecule has 18 heavy (non-hydrogen) atoms. The van der Waals surface area contributed by atoms with Crippen molar-refractivity contribution < 1.29 is 19.7 Å². The molecule has 5 heteroatoms. The van der Waals surface area contributed by atoms with Crippen molar-refractivity contribution in [2.24, 2.45) is 0 Å². The van der Waals surface area contributed by atoms with Gasteiger partial charge >= 0.3 is 0 Å². The Kier molecular flexibility index (Phi) is 4.32. The summed E-state index contributed by atoms with van der Waals surface area (Å²) in [4.78, 5) is 0. The second-order valence-electron chi connectivity index (χ2n) is 4.41. The van der Waals surface area contributed by atoms with Crippen molar-refractivity contribution in [2.45, 2.75) is 38.1 Å². The molecule has 1 fully saturated rings. The van der Waals surface area contributed by atoms with Crippen molar-refractivity contribution in [3.8, 4) is 11.5 Å². The van der Waals surface area contributed by atoms with Gasteiger partial charge < -0.3 is 19.7 Å². The second-order valence-corrected chi connectivity index (χ2v) is 4.85. The number of ether oxygens (including phenoxy) is 2. The lowest BCUT2D eigenvalue weighted by Crippen LogP contribution is -2.26. The normalized spacial score (nSPS) is 23.1. The molecule has 0 aromatic heterocycles. The van der Waals surface area contributed by atoms with E-state index in [0.717, 1.165) is 19.3 Å². The van der Waals surface area contributed by atoms with Crippen LogP contribution in [0.5, 0.6) is 11.5 Å². The zero-order valence-corrected chi connectivity index (χ0v) is 11.0. The van der Waals surface area contributed by atoms with Crippen LogP contribution >= 0.6 is 11.6 Å². The maximum absolute atomic E-state index is 9.78. The van der Waals surface area contributed by atoms with Crippen LogP contribution in [0.2, 0.25) is 5.02 Å². The van der Waals surface area contributed by atoms with Gasteiger partial charge in [0.2, 0.25) is 0 Å². The molecule has 0 spiro atoms. The number of methoxy groups -OCH3 is 1. The van der Waals surface area contributed by atoms with Gasteiger partial charge in [0.15, 0.2) is 11.5 Å². The zero-order chi connectivity index (χ0) is 13.1. The predicted molar refractivity (Wildman–Crippen MR) is 68.2 cm³/mol. The summed E-state index contributed by atoms with van der Waals surface area (Å²) in [5, 5.41) is 19.6. The van der Waals surface area contributed by atoms with E-state index in [9.17, 15) is 10.2 Å². The van der Waals surface area contributed by atoms with Crippen LogP contribution in [0, 0.1) is 0 Å². The number of rotatable bonds is 4. The first-order chi connectivity index (χ1) is 8.65. The summed E-state index contributed by atoms with van der Waals surface area (Å²) in [6.07, 6.45) is 1.78. The molecule has 4 nitrogen and oxygen atoms in total. The first-order valence-electron chi connectivity index (χ1n) is 5.97. The SMILES string of the molecule is COc1cc(Cl)cc(CO)c1OC1CCCC1O. The van der Waals surface area contributed by atoms with Crippen LogP contribution in [-0.2, 0) is 6.61 Å². The predicted octanol–water partition coefficient (Wildman–Crippen LogP) is 2.13. The smallest absolute Gasteiger partial charge is 0.167 e. The van der Waals surface area contributed by atoms with E-state index in [1.165, 1.54) is 7.11 Å². The van der Waals surface area contributed by atoms with Gasteiger partial charge in [0.1, 0.15) is 6.10 Å². The minimum absolute atomic E-state index is 0.185. The molecule has 1 aliphatic rings. The van der Waals surface area contributed by atoms with Crippen LogP contribution in [0.3, 0.4) is 0 Å². The maximum atomic E-state index is 9.78. The van der Waals surface area contributed by atoms with Gasteiger partial charge in [0.05, 0.1) is 19.8 Å². The van der Waals surface area contributed by atoms with Gasteiger partial charge in [-0.1, -0.05) is 11.6 Å². The third-order valence-electron chi connectivity index (χ3n) is 3.17. The topological polar surface area (TPSA) is 58.9 Å². The number of aliphatic hydroxyl groups is 2. The fourth-order valence-electron chi connectivity index (χ4n) is 2.22. The quantitative estimate of drug-likeness (QED) is 0.882. The maximum Gasteiger partial charge on any atom is 0.167 e. The highest BCUT2D eigenvalue weighted by atomic mass is 35.5. The number of benzene rings is 1. The van der Waals surface area contributed by atoms with Gasteiger partial charge in [-0.15, -0.1) is 0 Å². The van der Waals surface area contributed by atoms with Gasteiger partial charge in [0.25, 0.3) is 0 Å². The molecule has 1 aromatic rings. The molecule has 100 valence electrons. The standard InChI is InChI=1S/C13H17ClO4/c1-17-12-6-9(14)5-8(7-15)13(12)18-11-4-2-3-10(11)16/h5-6,10-11,15-16H,2-4,7H2,1H3. The summed E-state index contributed by atoms with van der Waals surface area (Å²) < 4.78 is 11.0. The molecule has 1 aromatic carbocycles. The van der Waals surface area contributed by atoms with E-state index in [4.69, 9.17) is 21.1 Å². The van der Waals surface area contributed by atoms with Crippen molar-refractivity contribution in [1.82, 2.24) is 0 Å². The largest absolute Gasteiger partial charge is 0.493 e. The van der Waals surface area contributed by atoms with Gasteiger partial charge in [0, 0.05) is 16.7 Å². The third kappa shape index (κ3) is 2.71. The average Bonchev–Trinajstić information content (AvgIpc) is 2.76.